The fourth-order valence-electron chi connectivity index (χ4n) is 1.66. The van der Waals surface area contributed by atoms with Gasteiger partial charge < -0.3 is 5.32 Å². The summed E-state index contributed by atoms with van der Waals surface area (Å²) in [5, 5.41) is 12.4. The van der Waals surface area contributed by atoms with Gasteiger partial charge in [0.1, 0.15) is 6.07 Å². The Balaban J connectivity index is 1.87. The molecule has 0 atom stereocenters. The van der Waals surface area contributed by atoms with Gasteiger partial charge in [-0.15, -0.1) is 11.8 Å². The fourth-order valence-corrected chi connectivity index (χ4v) is 2.90. The van der Waals surface area contributed by atoms with E-state index >= 15 is 0 Å². The summed E-state index contributed by atoms with van der Waals surface area (Å²) in [6.07, 6.45) is 0. The summed E-state index contributed by atoms with van der Waals surface area (Å²) in [7, 11) is 0. The third-order valence-electron chi connectivity index (χ3n) is 2.55. The van der Waals surface area contributed by atoms with Gasteiger partial charge in [0.2, 0.25) is 0 Å². The first-order chi connectivity index (χ1) is 9.31. The molecule has 0 radical (unpaired) electrons. The van der Waals surface area contributed by atoms with Gasteiger partial charge in [0.25, 0.3) is 0 Å². The fraction of sp³-hybridized carbons (Fsp3) is 0.133. The van der Waals surface area contributed by atoms with Crippen molar-refractivity contribution in [3.63, 3.8) is 0 Å². The van der Waals surface area contributed by atoms with E-state index in [2.05, 4.69) is 39.4 Å². The summed E-state index contributed by atoms with van der Waals surface area (Å²) in [4.78, 5) is 1.26. The van der Waals surface area contributed by atoms with Crippen molar-refractivity contribution in [2.75, 3.05) is 17.6 Å². The molecule has 0 aliphatic rings. The van der Waals surface area contributed by atoms with Crippen LogP contribution in [0.4, 0.5) is 5.69 Å². The summed E-state index contributed by atoms with van der Waals surface area (Å²) in [6, 6.07) is 18.2. The molecular formula is C15H13BrN2S. The Morgan fingerprint density at radius 3 is 2.63 bits per heavy atom. The lowest BCUT2D eigenvalue weighted by atomic mass is 10.2. The topological polar surface area (TPSA) is 35.8 Å². The van der Waals surface area contributed by atoms with E-state index < -0.39 is 0 Å². The number of nitriles is 1. The lowest BCUT2D eigenvalue weighted by Gasteiger charge is -2.09. The maximum Gasteiger partial charge on any atom is 0.103 e. The normalized spacial score (nSPS) is 9.89. The first-order valence-electron chi connectivity index (χ1n) is 5.91. The molecule has 96 valence electrons. The van der Waals surface area contributed by atoms with E-state index in [0.29, 0.717) is 5.56 Å². The molecule has 2 rings (SSSR count). The maximum absolute atomic E-state index is 9.11. The monoisotopic (exact) mass is 332 g/mol. The molecule has 0 heterocycles. The van der Waals surface area contributed by atoms with Gasteiger partial charge in [-0.25, -0.2) is 0 Å². The minimum absolute atomic E-state index is 0.659. The van der Waals surface area contributed by atoms with E-state index in [-0.39, 0.29) is 0 Å². The van der Waals surface area contributed by atoms with Gasteiger partial charge in [0.05, 0.1) is 11.3 Å². The van der Waals surface area contributed by atoms with Gasteiger partial charge in [0, 0.05) is 21.7 Å². The molecule has 0 unspecified atom stereocenters. The minimum atomic E-state index is 0.659. The van der Waals surface area contributed by atoms with Crippen molar-refractivity contribution in [2.24, 2.45) is 0 Å². The predicted molar refractivity (Wildman–Crippen MR) is 84.5 cm³/mol. The predicted octanol–water partition coefficient (Wildman–Crippen LogP) is 4.52. The van der Waals surface area contributed by atoms with Gasteiger partial charge in [-0.3, -0.25) is 0 Å². The summed E-state index contributed by atoms with van der Waals surface area (Å²) in [5.74, 6) is 0.960. The van der Waals surface area contributed by atoms with Gasteiger partial charge >= 0.3 is 0 Å². The van der Waals surface area contributed by atoms with Gasteiger partial charge in [0.15, 0.2) is 0 Å². The molecule has 0 spiro atoms. The highest BCUT2D eigenvalue weighted by Crippen LogP contribution is 2.24. The molecule has 0 aliphatic heterocycles. The van der Waals surface area contributed by atoms with Gasteiger partial charge in [-0.1, -0.05) is 24.3 Å². The van der Waals surface area contributed by atoms with Crippen LogP contribution in [-0.4, -0.2) is 12.3 Å². The smallest absolute Gasteiger partial charge is 0.103 e. The first-order valence-corrected chi connectivity index (χ1v) is 7.69. The highest BCUT2D eigenvalue weighted by molar-refractivity contribution is 9.10. The second kappa shape index (κ2) is 7.22. The summed E-state index contributed by atoms with van der Waals surface area (Å²) >= 11 is 5.19. The standard InChI is InChI=1S/C15H13BrN2S/c16-14-7-4-8-15(13(14)11-17)18-9-10-19-12-5-2-1-3-6-12/h1-8,18H,9-10H2. The van der Waals surface area contributed by atoms with Crippen LogP contribution in [-0.2, 0) is 0 Å². The third-order valence-corrected chi connectivity index (χ3v) is 4.23. The molecule has 19 heavy (non-hydrogen) atoms. The molecule has 0 fully saturated rings. The van der Waals surface area contributed by atoms with E-state index in [1.807, 2.05) is 36.4 Å². The number of thioether (sulfide) groups is 1. The summed E-state index contributed by atoms with van der Waals surface area (Å²) < 4.78 is 0.829. The average Bonchev–Trinajstić information content (AvgIpc) is 2.45. The van der Waals surface area contributed by atoms with Crippen molar-refractivity contribution in [3.05, 3.63) is 58.6 Å². The summed E-state index contributed by atoms with van der Waals surface area (Å²) in [5.41, 5.74) is 1.54. The van der Waals surface area contributed by atoms with E-state index in [1.54, 1.807) is 11.8 Å². The number of anilines is 1. The zero-order valence-electron chi connectivity index (χ0n) is 10.3. The molecule has 0 aliphatic carbocycles. The Bertz CT molecular complexity index is 578. The quantitative estimate of drug-likeness (QED) is 0.645. The van der Waals surface area contributed by atoms with Crippen molar-refractivity contribution in [1.29, 1.82) is 5.26 Å². The zero-order chi connectivity index (χ0) is 13.5. The molecule has 0 saturated carbocycles. The number of nitrogens with one attached hydrogen (secondary N) is 1. The lowest BCUT2D eigenvalue weighted by molar-refractivity contribution is 1.22. The van der Waals surface area contributed by atoms with Crippen molar-refractivity contribution in [1.82, 2.24) is 0 Å². The number of halogens is 1. The highest BCUT2D eigenvalue weighted by Gasteiger charge is 2.04. The first kappa shape index (κ1) is 14.0. The lowest BCUT2D eigenvalue weighted by Crippen LogP contribution is -2.05. The Hall–Kier alpha value is -1.44. The Morgan fingerprint density at radius 1 is 1.11 bits per heavy atom. The van der Waals surface area contributed by atoms with Crippen LogP contribution >= 0.6 is 27.7 Å². The Labute approximate surface area is 126 Å². The number of nitrogens with zero attached hydrogens (tertiary/aromatic N) is 1. The second-order valence-electron chi connectivity index (χ2n) is 3.86. The van der Waals surface area contributed by atoms with E-state index in [0.717, 1.165) is 22.5 Å². The van der Waals surface area contributed by atoms with E-state index in [4.69, 9.17) is 5.26 Å². The number of benzene rings is 2. The van der Waals surface area contributed by atoms with Crippen LogP contribution in [0.3, 0.4) is 0 Å². The SMILES string of the molecule is N#Cc1c(Br)cccc1NCCSc1ccccc1. The second-order valence-corrected chi connectivity index (χ2v) is 5.89. The van der Waals surface area contributed by atoms with Crippen LogP contribution in [0, 0.1) is 11.3 Å². The molecule has 0 aromatic heterocycles. The highest BCUT2D eigenvalue weighted by atomic mass is 79.9. The maximum atomic E-state index is 9.11. The molecule has 2 aromatic carbocycles. The third kappa shape index (κ3) is 4.02. The Morgan fingerprint density at radius 2 is 1.89 bits per heavy atom. The number of hydrogen-bond acceptors (Lipinski definition) is 3. The van der Waals surface area contributed by atoms with Crippen LogP contribution < -0.4 is 5.32 Å². The van der Waals surface area contributed by atoms with Gasteiger partial charge in [-0.05, 0) is 40.2 Å². The molecule has 0 amide bonds. The molecule has 2 aromatic rings. The summed E-state index contributed by atoms with van der Waals surface area (Å²) in [6.45, 7) is 0.824. The molecule has 1 N–H and O–H groups in total. The van der Waals surface area contributed by atoms with Crippen LogP contribution in [0.15, 0.2) is 57.9 Å². The van der Waals surface area contributed by atoms with Crippen LogP contribution in [0.5, 0.6) is 0 Å². The van der Waals surface area contributed by atoms with Crippen molar-refractivity contribution in [3.8, 4) is 6.07 Å². The number of hydrogen-bond donors (Lipinski definition) is 1. The average molecular weight is 333 g/mol. The molecule has 0 saturated heterocycles. The Kier molecular flexibility index (Phi) is 5.31. The molecule has 2 nitrogen and oxygen atoms in total. The van der Waals surface area contributed by atoms with Crippen LogP contribution in [0.1, 0.15) is 5.56 Å². The number of rotatable bonds is 5. The van der Waals surface area contributed by atoms with Crippen LogP contribution in [0.25, 0.3) is 0 Å². The van der Waals surface area contributed by atoms with Crippen molar-refractivity contribution in [2.45, 2.75) is 4.90 Å². The minimum Gasteiger partial charge on any atom is -0.383 e. The van der Waals surface area contributed by atoms with Crippen LogP contribution in [0.2, 0.25) is 0 Å². The van der Waals surface area contributed by atoms with E-state index in [9.17, 15) is 0 Å². The van der Waals surface area contributed by atoms with Crippen molar-refractivity contribution >= 4 is 33.4 Å². The molecular weight excluding hydrogens is 320 g/mol. The van der Waals surface area contributed by atoms with Crippen molar-refractivity contribution < 1.29 is 0 Å². The molecule has 0 bridgehead atoms. The van der Waals surface area contributed by atoms with E-state index in [1.165, 1.54) is 4.90 Å². The largest absolute Gasteiger partial charge is 0.383 e. The van der Waals surface area contributed by atoms with Gasteiger partial charge in [-0.2, -0.15) is 5.26 Å². The zero-order valence-corrected chi connectivity index (χ0v) is 12.7. The molecule has 4 heteroatoms.